The summed E-state index contributed by atoms with van der Waals surface area (Å²) >= 11 is 0. The smallest absolute Gasteiger partial charge is 0.395 e. The lowest BCUT2D eigenvalue weighted by molar-refractivity contribution is -0.286. The summed E-state index contributed by atoms with van der Waals surface area (Å²) in [5.74, 6) is 0.199. The van der Waals surface area contributed by atoms with Crippen LogP contribution in [0.15, 0.2) is 18.2 Å². The number of halogens is 2. The van der Waals surface area contributed by atoms with E-state index in [2.05, 4.69) is 26.6 Å². The van der Waals surface area contributed by atoms with Gasteiger partial charge in [0.15, 0.2) is 11.5 Å². The first-order valence-electron chi connectivity index (χ1n) is 6.45. The molecule has 1 fully saturated rings. The first kappa shape index (κ1) is 12.5. The highest BCUT2D eigenvalue weighted by Gasteiger charge is 2.43. The second kappa shape index (κ2) is 4.52. The predicted molar refractivity (Wildman–Crippen MR) is 66.9 cm³/mol. The Morgan fingerprint density at radius 3 is 2.95 bits per heavy atom. The molecule has 2 aliphatic rings. The summed E-state index contributed by atoms with van der Waals surface area (Å²) in [6.07, 6.45) is -2.50. The second-order valence-electron chi connectivity index (χ2n) is 4.80. The second-order valence-corrected chi connectivity index (χ2v) is 4.80. The van der Waals surface area contributed by atoms with Crippen molar-refractivity contribution >= 4 is 5.69 Å². The Bertz CT molecular complexity index is 482. The van der Waals surface area contributed by atoms with E-state index in [4.69, 9.17) is 0 Å². The molecular formula is C13H16F2N2O2. The monoisotopic (exact) mass is 270 g/mol. The summed E-state index contributed by atoms with van der Waals surface area (Å²) in [7, 11) is 0. The summed E-state index contributed by atoms with van der Waals surface area (Å²) in [4.78, 5) is 2.17. The molecule has 3 rings (SSSR count). The molecule has 19 heavy (non-hydrogen) atoms. The van der Waals surface area contributed by atoms with Gasteiger partial charge < -0.3 is 19.7 Å². The number of benzene rings is 1. The van der Waals surface area contributed by atoms with E-state index < -0.39 is 6.29 Å². The van der Waals surface area contributed by atoms with E-state index in [9.17, 15) is 8.78 Å². The topological polar surface area (TPSA) is 33.7 Å². The fourth-order valence-electron chi connectivity index (χ4n) is 2.47. The molecule has 0 radical (unpaired) electrons. The van der Waals surface area contributed by atoms with Crippen molar-refractivity contribution in [1.82, 2.24) is 5.32 Å². The van der Waals surface area contributed by atoms with Gasteiger partial charge in [0.05, 0.1) is 0 Å². The lowest BCUT2D eigenvalue weighted by Crippen LogP contribution is -2.50. The molecule has 0 saturated carbocycles. The van der Waals surface area contributed by atoms with Gasteiger partial charge in [0.1, 0.15) is 0 Å². The third-order valence-electron chi connectivity index (χ3n) is 3.50. The third-order valence-corrected chi connectivity index (χ3v) is 3.50. The SMILES string of the molecule is CCC1CN(c2ccc3c(c2)OC(F)(F)O3)CCN1. The van der Waals surface area contributed by atoms with E-state index >= 15 is 0 Å². The molecule has 1 unspecified atom stereocenters. The molecule has 0 aliphatic carbocycles. The van der Waals surface area contributed by atoms with Gasteiger partial charge in [-0.05, 0) is 18.6 Å². The van der Waals surface area contributed by atoms with Crippen molar-refractivity contribution in [2.75, 3.05) is 24.5 Å². The van der Waals surface area contributed by atoms with Crippen LogP contribution in [0.5, 0.6) is 11.5 Å². The average Bonchev–Trinajstić information content (AvgIpc) is 2.71. The Morgan fingerprint density at radius 1 is 1.37 bits per heavy atom. The average molecular weight is 270 g/mol. The van der Waals surface area contributed by atoms with Crippen molar-refractivity contribution in [2.24, 2.45) is 0 Å². The van der Waals surface area contributed by atoms with Crippen LogP contribution in [0.1, 0.15) is 13.3 Å². The van der Waals surface area contributed by atoms with Crippen molar-refractivity contribution < 1.29 is 18.3 Å². The minimum atomic E-state index is -3.55. The van der Waals surface area contributed by atoms with E-state index in [1.165, 1.54) is 6.07 Å². The molecule has 2 aliphatic heterocycles. The van der Waals surface area contributed by atoms with Crippen LogP contribution in [0, 0.1) is 0 Å². The number of nitrogens with zero attached hydrogens (tertiary/aromatic N) is 1. The molecule has 0 amide bonds. The normalized spacial score (nSPS) is 24.6. The van der Waals surface area contributed by atoms with Crippen LogP contribution >= 0.6 is 0 Å². The van der Waals surface area contributed by atoms with Crippen LogP contribution in [0.4, 0.5) is 14.5 Å². The lowest BCUT2D eigenvalue weighted by Gasteiger charge is -2.34. The molecule has 0 bridgehead atoms. The number of alkyl halides is 2. The van der Waals surface area contributed by atoms with Gasteiger partial charge in [-0.25, -0.2) is 0 Å². The summed E-state index contributed by atoms with van der Waals surface area (Å²) in [6.45, 7) is 4.74. The largest absolute Gasteiger partial charge is 0.586 e. The van der Waals surface area contributed by atoms with E-state index in [-0.39, 0.29) is 11.5 Å². The molecule has 1 aromatic carbocycles. The number of hydrogen-bond acceptors (Lipinski definition) is 4. The Hall–Kier alpha value is -1.56. The standard InChI is InChI=1S/C13H16F2N2O2/c1-2-9-8-17(6-5-16-9)10-3-4-11-12(7-10)19-13(14,15)18-11/h3-4,7,9,16H,2,5-6,8H2,1H3. The number of anilines is 1. The van der Waals surface area contributed by atoms with Crippen molar-refractivity contribution in [2.45, 2.75) is 25.7 Å². The van der Waals surface area contributed by atoms with Crippen molar-refractivity contribution in [3.05, 3.63) is 18.2 Å². The van der Waals surface area contributed by atoms with E-state index in [1.807, 2.05) is 0 Å². The maximum absolute atomic E-state index is 13.0. The minimum Gasteiger partial charge on any atom is -0.395 e. The highest BCUT2D eigenvalue weighted by molar-refractivity contribution is 5.57. The molecule has 0 spiro atoms. The molecule has 6 heteroatoms. The Balaban J connectivity index is 1.80. The Labute approximate surface area is 110 Å². The van der Waals surface area contributed by atoms with Gasteiger partial charge in [-0.15, -0.1) is 8.78 Å². The molecule has 4 nitrogen and oxygen atoms in total. The summed E-state index contributed by atoms with van der Waals surface area (Å²) in [5, 5.41) is 3.42. The number of hydrogen-bond donors (Lipinski definition) is 1. The van der Waals surface area contributed by atoms with Crippen LogP contribution < -0.4 is 19.7 Å². The van der Waals surface area contributed by atoms with Crippen LogP contribution in [0.2, 0.25) is 0 Å². The zero-order valence-corrected chi connectivity index (χ0v) is 10.7. The fraction of sp³-hybridized carbons (Fsp3) is 0.538. The van der Waals surface area contributed by atoms with E-state index in [0.29, 0.717) is 6.04 Å². The Morgan fingerprint density at radius 2 is 2.16 bits per heavy atom. The van der Waals surface area contributed by atoms with Crippen molar-refractivity contribution in [3.63, 3.8) is 0 Å². The fourth-order valence-corrected chi connectivity index (χ4v) is 2.47. The lowest BCUT2D eigenvalue weighted by atomic mass is 10.1. The highest BCUT2D eigenvalue weighted by Crippen LogP contribution is 2.42. The van der Waals surface area contributed by atoms with Gasteiger partial charge in [0.2, 0.25) is 0 Å². The number of piperazine rings is 1. The van der Waals surface area contributed by atoms with Gasteiger partial charge in [-0.2, -0.15) is 0 Å². The first-order chi connectivity index (χ1) is 9.07. The highest BCUT2D eigenvalue weighted by atomic mass is 19.3. The van der Waals surface area contributed by atoms with Crippen molar-refractivity contribution in [3.8, 4) is 11.5 Å². The quantitative estimate of drug-likeness (QED) is 0.893. The van der Waals surface area contributed by atoms with Gasteiger partial charge in [0, 0.05) is 37.4 Å². The summed E-state index contributed by atoms with van der Waals surface area (Å²) in [5.41, 5.74) is 0.889. The van der Waals surface area contributed by atoms with Gasteiger partial charge in [-0.3, -0.25) is 0 Å². The third kappa shape index (κ3) is 2.45. The van der Waals surface area contributed by atoms with Crippen LogP contribution in [0.3, 0.4) is 0 Å². The van der Waals surface area contributed by atoms with E-state index in [1.54, 1.807) is 12.1 Å². The minimum absolute atomic E-state index is 0.0934. The number of nitrogens with one attached hydrogen (secondary N) is 1. The first-order valence-corrected chi connectivity index (χ1v) is 6.45. The Kier molecular flexibility index (Phi) is 2.97. The summed E-state index contributed by atoms with van der Waals surface area (Å²) in [6, 6.07) is 5.38. The molecular weight excluding hydrogens is 254 g/mol. The zero-order valence-electron chi connectivity index (χ0n) is 10.7. The molecule has 1 atom stereocenters. The van der Waals surface area contributed by atoms with Gasteiger partial charge >= 0.3 is 6.29 Å². The molecule has 1 saturated heterocycles. The maximum atomic E-state index is 13.0. The number of rotatable bonds is 2. The van der Waals surface area contributed by atoms with Gasteiger partial charge in [-0.1, -0.05) is 6.92 Å². The maximum Gasteiger partial charge on any atom is 0.586 e. The molecule has 1 aromatic rings. The molecule has 1 N–H and O–H groups in total. The van der Waals surface area contributed by atoms with Crippen LogP contribution in [-0.2, 0) is 0 Å². The van der Waals surface area contributed by atoms with Crippen LogP contribution in [-0.4, -0.2) is 32.0 Å². The number of ether oxygens (including phenoxy) is 2. The number of fused-ring (bicyclic) bond motifs is 1. The zero-order chi connectivity index (χ0) is 13.5. The molecule has 2 heterocycles. The van der Waals surface area contributed by atoms with Crippen LogP contribution in [0.25, 0.3) is 0 Å². The predicted octanol–water partition coefficient (Wildman–Crippen LogP) is 2.20. The summed E-state index contributed by atoms with van der Waals surface area (Å²) < 4.78 is 34.8. The molecule has 0 aromatic heterocycles. The van der Waals surface area contributed by atoms with Gasteiger partial charge in [0.25, 0.3) is 0 Å². The van der Waals surface area contributed by atoms with E-state index in [0.717, 1.165) is 31.7 Å². The molecule has 104 valence electrons. The van der Waals surface area contributed by atoms with Crippen molar-refractivity contribution in [1.29, 1.82) is 0 Å².